The zero-order valence-electron chi connectivity index (χ0n) is 19.9. The maximum atomic E-state index is 6.76. The minimum Gasteiger partial charge on any atom is -0.436 e. The largest absolute Gasteiger partial charge is 0.436 e. The highest BCUT2D eigenvalue weighted by molar-refractivity contribution is 6.87. The third kappa shape index (κ3) is 9.95. The Morgan fingerprint density at radius 1 is 0.548 bits per heavy atom. The molecule has 0 N–H and O–H groups in total. The molecular weight excluding hydrogens is 475 g/mol. The predicted octanol–water partition coefficient (Wildman–Crippen LogP) is 8.09. The van der Waals surface area contributed by atoms with Gasteiger partial charge in [0.25, 0.3) is 0 Å². The lowest BCUT2D eigenvalue weighted by molar-refractivity contribution is 0.388. The fraction of sp³-hybridized carbons (Fsp3) is 0.500. The minimum absolute atomic E-state index is 0.569. The van der Waals surface area contributed by atoms with Crippen molar-refractivity contribution >= 4 is 48.4 Å². The summed E-state index contributed by atoms with van der Waals surface area (Å²) in [7, 11) is -5.83. The van der Waals surface area contributed by atoms with Gasteiger partial charge in [0, 0.05) is 11.8 Å². The molecule has 0 fully saturated rings. The van der Waals surface area contributed by atoms with Crippen LogP contribution < -0.4 is 0 Å². The highest BCUT2D eigenvalue weighted by Crippen LogP contribution is 2.26. The van der Waals surface area contributed by atoms with E-state index in [1.807, 2.05) is 0 Å². The van der Waals surface area contributed by atoms with Crippen molar-refractivity contribution in [1.29, 1.82) is 0 Å². The number of alkyl halides is 2. The van der Waals surface area contributed by atoms with Crippen molar-refractivity contribution in [2.45, 2.75) is 76.0 Å². The first kappa shape index (κ1) is 26.8. The van der Waals surface area contributed by atoms with Crippen LogP contribution in [0.25, 0.3) is 0 Å². The van der Waals surface area contributed by atoms with Gasteiger partial charge in [-0.05, 0) is 86.5 Å². The molecule has 0 aliphatic rings. The van der Waals surface area contributed by atoms with E-state index in [4.69, 9.17) is 31.4 Å². The van der Waals surface area contributed by atoms with E-state index in [1.54, 1.807) is 0 Å². The first-order chi connectivity index (χ1) is 14.4. The van der Waals surface area contributed by atoms with E-state index in [-0.39, 0.29) is 0 Å². The minimum atomic E-state index is -2.19. The Balaban J connectivity index is 1.87. The Bertz CT molecular complexity index is 739. The second kappa shape index (κ2) is 11.6. The monoisotopic (exact) mass is 512 g/mol. The Morgan fingerprint density at radius 2 is 0.839 bits per heavy atom. The SMILES string of the molecule is C[Si](C)(CCc1ccc(CCl)cc1)O[Si](C)(C)O[Si](C)(C)CCc1ccc(CCl)cc1. The Hall–Kier alpha value is -0.409. The molecule has 172 valence electrons. The topological polar surface area (TPSA) is 18.5 Å². The van der Waals surface area contributed by atoms with Crippen LogP contribution in [0.3, 0.4) is 0 Å². The van der Waals surface area contributed by atoms with Crippen molar-refractivity contribution in [2.75, 3.05) is 0 Å². The van der Waals surface area contributed by atoms with Crippen LogP contribution in [0.4, 0.5) is 0 Å². The molecule has 0 saturated heterocycles. The Morgan fingerprint density at radius 3 is 1.13 bits per heavy atom. The molecule has 0 unspecified atom stereocenters. The molecule has 0 atom stereocenters. The van der Waals surface area contributed by atoms with Crippen LogP contribution in [0.1, 0.15) is 22.3 Å². The van der Waals surface area contributed by atoms with E-state index in [2.05, 4.69) is 87.8 Å². The van der Waals surface area contributed by atoms with Crippen LogP contribution >= 0.6 is 23.2 Å². The number of halogens is 2. The number of aryl methyl sites for hydroxylation is 2. The summed E-state index contributed by atoms with van der Waals surface area (Å²) in [5.41, 5.74) is 5.05. The zero-order chi connectivity index (χ0) is 23.1. The van der Waals surface area contributed by atoms with Gasteiger partial charge in [-0.15, -0.1) is 23.2 Å². The smallest absolute Gasteiger partial charge is 0.311 e. The van der Waals surface area contributed by atoms with Crippen LogP contribution in [-0.2, 0) is 32.8 Å². The molecule has 0 aliphatic heterocycles. The highest BCUT2D eigenvalue weighted by atomic mass is 35.5. The van der Waals surface area contributed by atoms with Crippen LogP contribution in [-0.4, -0.2) is 25.2 Å². The van der Waals surface area contributed by atoms with Gasteiger partial charge in [-0.1, -0.05) is 48.5 Å². The Labute approximate surface area is 202 Å². The quantitative estimate of drug-likeness (QED) is 0.211. The van der Waals surface area contributed by atoms with Crippen LogP contribution in [0.15, 0.2) is 48.5 Å². The molecule has 0 aliphatic carbocycles. The summed E-state index contributed by atoms with van der Waals surface area (Å²) in [5.74, 6) is 1.14. The maximum Gasteiger partial charge on any atom is 0.311 e. The van der Waals surface area contributed by atoms with E-state index in [1.165, 1.54) is 22.3 Å². The average molecular weight is 514 g/mol. The maximum absolute atomic E-state index is 6.76. The zero-order valence-corrected chi connectivity index (χ0v) is 24.4. The van der Waals surface area contributed by atoms with Gasteiger partial charge in [0.15, 0.2) is 16.6 Å². The molecule has 2 rings (SSSR count). The van der Waals surface area contributed by atoms with Crippen molar-refractivity contribution in [3.05, 3.63) is 70.8 Å². The van der Waals surface area contributed by atoms with Gasteiger partial charge in [0.1, 0.15) is 0 Å². The van der Waals surface area contributed by atoms with Crippen LogP contribution in [0.5, 0.6) is 0 Å². The third-order valence-corrected chi connectivity index (χ3v) is 17.3. The molecule has 2 aromatic rings. The van der Waals surface area contributed by atoms with E-state index in [0.29, 0.717) is 11.8 Å². The number of hydrogen-bond acceptors (Lipinski definition) is 2. The molecule has 0 aromatic heterocycles. The first-order valence-corrected chi connectivity index (χ1v) is 21.2. The van der Waals surface area contributed by atoms with E-state index in [9.17, 15) is 0 Å². The molecule has 2 aromatic carbocycles. The van der Waals surface area contributed by atoms with Crippen molar-refractivity contribution in [3.8, 4) is 0 Å². The second-order valence-corrected chi connectivity index (χ2v) is 23.0. The van der Waals surface area contributed by atoms with Gasteiger partial charge < -0.3 is 8.23 Å². The molecule has 7 heteroatoms. The summed E-state index contributed by atoms with van der Waals surface area (Å²) < 4.78 is 13.5. The van der Waals surface area contributed by atoms with Crippen molar-refractivity contribution in [3.63, 3.8) is 0 Å². The van der Waals surface area contributed by atoms with E-state index < -0.39 is 25.2 Å². The van der Waals surface area contributed by atoms with Gasteiger partial charge in [0.05, 0.1) is 0 Å². The van der Waals surface area contributed by atoms with Gasteiger partial charge in [-0.25, -0.2) is 0 Å². The van der Waals surface area contributed by atoms with E-state index >= 15 is 0 Å². The average Bonchev–Trinajstić information content (AvgIpc) is 2.70. The van der Waals surface area contributed by atoms with Crippen LogP contribution in [0.2, 0.25) is 51.4 Å². The van der Waals surface area contributed by atoms with Gasteiger partial charge in [0.2, 0.25) is 0 Å². The van der Waals surface area contributed by atoms with Crippen LogP contribution in [0, 0.1) is 0 Å². The first-order valence-electron chi connectivity index (χ1n) is 11.1. The molecule has 0 radical (unpaired) electrons. The second-order valence-electron chi connectivity index (χ2n) is 10.0. The number of rotatable bonds is 12. The summed E-state index contributed by atoms with van der Waals surface area (Å²) in [5, 5.41) is 0. The highest BCUT2D eigenvalue weighted by Gasteiger charge is 2.39. The van der Waals surface area contributed by atoms with E-state index in [0.717, 1.165) is 24.9 Å². The van der Waals surface area contributed by atoms with Crippen molar-refractivity contribution in [1.82, 2.24) is 0 Å². The molecule has 0 bridgehead atoms. The normalized spacial score (nSPS) is 12.9. The van der Waals surface area contributed by atoms with Crippen molar-refractivity contribution < 1.29 is 8.23 Å². The van der Waals surface area contributed by atoms with Gasteiger partial charge >= 0.3 is 8.56 Å². The lowest BCUT2D eigenvalue weighted by Gasteiger charge is -2.39. The van der Waals surface area contributed by atoms with Crippen molar-refractivity contribution in [2.24, 2.45) is 0 Å². The molecule has 31 heavy (non-hydrogen) atoms. The molecule has 0 amide bonds. The summed E-state index contributed by atoms with van der Waals surface area (Å²) in [4.78, 5) is 0. The summed E-state index contributed by atoms with van der Waals surface area (Å²) >= 11 is 11.8. The summed E-state index contributed by atoms with van der Waals surface area (Å²) in [6.45, 7) is 13.7. The van der Waals surface area contributed by atoms with Gasteiger partial charge in [-0.2, -0.15) is 0 Å². The van der Waals surface area contributed by atoms with Gasteiger partial charge in [-0.3, -0.25) is 0 Å². The lowest BCUT2D eigenvalue weighted by Crippen LogP contribution is -2.52. The standard InChI is InChI=1S/C24H38Cl2O2Si3/c1-29(2,17-15-21-7-11-23(19-25)12-8-21)27-31(5,6)28-30(3,4)18-16-22-9-13-24(20-26)14-10-22/h7-14H,15-20H2,1-6H3. The molecule has 0 saturated carbocycles. The molecule has 0 spiro atoms. The number of hydrogen-bond donors (Lipinski definition) is 0. The Kier molecular flexibility index (Phi) is 10.1. The molecule has 2 nitrogen and oxygen atoms in total. The summed E-state index contributed by atoms with van der Waals surface area (Å²) in [6, 6.07) is 19.5. The lowest BCUT2D eigenvalue weighted by atomic mass is 10.1. The molecular formula is C24H38Cl2O2Si3. The fourth-order valence-corrected chi connectivity index (χ4v) is 18.1. The molecule has 0 heterocycles. The third-order valence-electron chi connectivity index (χ3n) is 5.43. The number of benzene rings is 2. The summed E-state index contributed by atoms with van der Waals surface area (Å²) in [6.07, 6.45) is 2.09. The fourth-order valence-electron chi connectivity index (χ4n) is 3.93. The predicted molar refractivity (Wildman–Crippen MR) is 144 cm³/mol.